The minimum atomic E-state index is -3.30. The smallest absolute Gasteiger partial charge is 0.218 e. The van der Waals surface area contributed by atoms with Crippen LogP contribution in [0.3, 0.4) is 0 Å². The lowest BCUT2D eigenvalue weighted by Crippen LogP contribution is -2.37. The summed E-state index contributed by atoms with van der Waals surface area (Å²) in [5.74, 6) is 1.20. The van der Waals surface area contributed by atoms with Crippen LogP contribution in [0.1, 0.15) is 25.3 Å². The van der Waals surface area contributed by atoms with Crippen LogP contribution in [0.15, 0.2) is 53.4 Å². The van der Waals surface area contributed by atoms with E-state index in [1.807, 2.05) is 31.2 Å². The number of pyridine rings is 1. The van der Waals surface area contributed by atoms with Gasteiger partial charge < -0.3 is 19.7 Å². The number of rotatable bonds is 8. The van der Waals surface area contributed by atoms with Crippen molar-refractivity contribution in [3.8, 4) is 17.0 Å². The monoisotopic (exact) mass is 507 g/mol. The first-order valence-electron chi connectivity index (χ1n) is 12.6. The zero-order chi connectivity index (χ0) is 25.3. The van der Waals surface area contributed by atoms with E-state index >= 15 is 0 Å². The van der Waals surface area contributed by atoms with Gasteiger partial charge >= 0.3 is 0 Å². The maximum Gasteiger partial charge on any atom is 0.218 e. The van der Waals surface area contributed by atoms with Crippen LogP contribution < -0.4 is 4.74 Å². The summed E-state index contributed by atoms with van der Waals surface area (Å²) >= 11 is 0. The van der Waals surface area contributed by atoms with Gasteiger partial charge in [0.1, 0.15) is 5.65 Å². The molecule has 0 unspecified atom stereocenters. The van der Waals surface area contributed by atoms with Gasteiger partial charge in [0, 0.05) is 28.4 Å². The fourth-order valence-electron chi connectivity index (χ4n) is 5.08. The molecule has 5 rings (SSSR count). The second kappa shape index (κ2) is 10.2. The van der Waals surface area contributed by atoms with Gasteiger partial charge in [0.05, 0.1) is 23.9 Å². The van der Waals surface area contributed by atoms with Crippen LogP contribution in [0.25, 0.3) is 33.1 Å². The van der Waals surface area contributed by atoms with Crippen LogP contribution in [-0.4, -0.2) is 67.0 Å². The SMILES string of the molecule is CCS(=O)(=O)c1cccc(-c2cccc3[nH]c4nc(OCC5CCN(CCO)CC5)c(C)cc4c23)c1. The topological polar surface area (TPSA) is 95.5 Å². The quantitative estimate of drug-likeness (QED) is 0.363. The van der Waals surface area contributed by atoms with Crippen molar-refractivity contribution in [2.24, 2.45) is 5.92 Å². The summed E-state index contributed by atoms with van der Waals surface area (Å²) in [6.45, 7) is 7.25. The molecule has 3 heterocycles. The van der Waals surface area contributed by atoms with Crippen LogP contribution in [-0.2, 0) is 9.84 Å². The third kappa shape index (κ3) is 4.85. The number of aryl methyl sites for hydroxylation is 1. The van der Waals surface area contributed by atoms with Crippen molar-refractivity contribution in [2.45, 2.75) is 31.6 Å². The molecule has 36 heavy (non-hydrogen) atoms. The van der Waals surface area contributed by atoms with Crippen LogP contribution in [0, 0.1) is 12.8 Å². The Hall–Kier alpha value is -2.94. The molecule has 4 aromatic rings. The van der Waals surface area contributed by atoms with E-state index in [0.29, 0.717) is 23.3 Å². The van der Waals surface area contributed by atoms with E-state index in [9.17, 15) is 8.42 Å². The van der Waals surface area contributed by atoms with Gasteiger partial charge in [-0.15, -0.1) is 0 Å². The normalized spacial score (nSPS) is 15.6. The van der Waals surface area contributed by atoms with Crippen molar-refractivity contribution in [3.05, 3.63) is 54.1 Å². The van der Waals surface area contributed by atoms with E-state index in [0.717, 1.165) is 71.1 Å². The van der Waals surface area contributed by atoms with Gasteiger partial charge in [-0.25, -0.2) is 8.42 Å². The fourth-order valence-corrected chi connectivity index (χ4v) is 6.01. The van der Waals surface area contributed by atoms with Gasteiger partial charge in [-0.3, -0.25) is 0 Å². The van der Waals surface area contributed by atoms with Gasteiger partial charge in [-0.05, 0) is 74.2 Å². The number of H-pyrrole nitrogens is 1. The van der Waals surface area contributed by atoms with Crippen LogP contribution in [0.2, 0.25) is 0 Å². The van der Waals surface area contributed by atoms with E-state index in [4.69, 9.17) is 14.8 Å². The van der Waals surface area contributed by atoms with Crippen LogP contribution in [0.4, 0.5) is 0 Å². The minimum absolute atomic E-state index is 0.0708. The Morgan fingerprint density at radius 2 is 1.92 bits per heavy atom. The number of aromatic nitrogens is 2. The molecule has 0 saturated carbocycles. The molecular weight excluding hydrogens is 474 g/mol. The summed E-state index contributed by atoms with van der Waals surface area (Å²) in [4.78, 5) is 10.9. The Morgan fingerprint density at radius 1 is 1.14 bits per heavy atom. The van der Waals surface area contributed by atoms with Crippen LogP contribution in [0.5, 0.6) is 5.88 Å². The molecule has 2 aromatic heterocycles. The van der Waals surface area contributed by atoms with Gasteiger partial charge in [0.25, 0.3) is 0 Å². The lowest BCUT2D eigenvalue weighted by Gasteiger charge is -2.31. The Morgan fingerprint density at radius 3 is 2.67 bits per heavy atom. The summed E-state index contributed by atoms with van der Waals surface area (Å²) in [5.41, 5.74) is 4.51. The molecule has 0 radical (unpaired) electrons. The third-order valence-electron chi connectivity index (χ3n) is 7.22. The van der Waals surface area contributed by atoms with Gasteiger partial charge in [-0.1, -0.05) is 31.2 Å². The summed E-state index contributed by atoms with van der Waals surface area (Å²) < 4.78 is 31.1. The number of β-amino-alcohol motifs (C(OH)–C–C–N with tert-alkyl or cyclic N) is 1. The molecule has 2 aromatic carbocycles. The van der Waals surface area contributed by atoms with Crippen LogP contribution >= 0.6 is 0 Å². The molecule has 7 nitrogen and oxygen atoms in total. The number of nitrogens with zero attached hydrogens (tertiary/aromatic N) is 2. The number of aromatic amines is 1. The number of benzene rings is 2. The molecule has 2 N–H and O–H groups in total. The number of piperidine rings is 1. The number of ether oxygens (including phenoxy) is 1. The third-order valence-corrected chi connectivity index (χ3v) is 8.95. The van der Waals surface area contributed by atoms with Crippen molar-refractivity contribution in [3.63, 3.8) is 0 Å². The molecule has 190 valence electrons. The average Bonchev–Trinajstić information content (AvgIpc) is 3.26. The Balaban J connectivity index is 1.45. The van der Waals surface area contributed by atoms with Crippen molar-refractivity contribution in [1.29, 1.82) is 0 Å². The average molecular weight is 508 g/mol. The summed E-state index contributed by atoms with van der Waals surface area (Å²) in [7, 11) is -3.30. The lowest BCUT2D eigenvalue weighted by atomic mass is 9.98. The summed E-state index contributed by atoms with van der Waals surface area (Å²) in [6, 6.07) is 15.3. The van der Waals surface area contributed by atoms with Crippen molar-refractivity contribution < 1.29 is 18.3 Å². The Labute approximate surface area is 212 Å². The number of hydrogen-bond acceptors (Lipinski definition) is 6. The molecule has 1 saturated heterocycles. The highest BCUT2D eigenvalue weighted by Crippen LogP contribution is 2.36. The first-order valence-corrected chi connectivity index (χ1v) is 14.3. The predicted molar refractivity (Wildman–Crippen MR) is 143 cm³/mol. The lowest BCUT2D eigenvalue weighted by molar-refractivity contribution is 0.120. The first-order chi connectivity index (χ1) is 17.4. The molecule has 0 amide bonds. The van der Waals surface area contributed by atoms with E-state index < -0.39 is 9.84 Å². The zero-order valence-corrected chi connectivity index (χ0v) is 21.6. The standard InChI is InChI=1S/C28H33N3O4S/c1-3-36(33,34)22-7-4-6-21(17-22)23-8-5-9-25-26(23)24-16-19(2)28(30-27(24)29-25)35-18-20-10-12-31(13-11-20)14-15-32/h4-9,16-17,20,32H,3,10-15,18H2,1-2H3,(H,29,30). The van der Waals surface area contributed by atoms with E-state index in [1.165, 1.54) is 0 Å². The second-order valence-corrected chi connectivity index (χ2v) is 11.9. The number of aliphatic hydroxyl groups is 1. The number of hydrogen-bond donors (Lipinski definition) is 2. The second-order valence-electron chi connectivity index (χ2n) is 9.61. The predicted octanol–water partition coefficient (Wildman–Crippen LogP) is 4.57. The number of nitrogens with one attached hydrogen (secondary N) is 1. The summed E-state index contributed by atoms with van der Waals surface area (Å²) in [5, 5.41) is 11.2. The molecule has 0 atom stereocenters. The number of fused-ring (bicyclic) bond motifs is 3. The maximum absolute atomic E-state index is 12.5. The molecule has 1 aliphatic rings. The minimum Gasteiger partial charge on any atom is -0.477 e. The highest BCUT2D eigenvalue weighted by Gasteiger charge is 2.21. The number of sulfone groups is 1. The molecular formula is C28H33N3O4S. The van der Waals surface area contributed by atoms with E-state index in [2.05, 4.69) is 16.0 Å². The van der Waals surface area contributed by atoms with Crippen molar-refractivity contribution in [2.75, 3.05) is 38.6 Å². The molecule has 0 spiro atoms. The Bertz CT molecular complexity index is 1490. The number of aliphatic hydroxyl groups excluding tert-OH is 1. The number of likely N-dealkylation sites (tertiary alicyclic amines) is 1. The first kappa shape index (κ1) is 24.7. The zero-order valence-electron chi connectivity index (χ0n) is 20.8. The van der Waals surface area contributed by atoms with Gasteiger partial charge in [0.15, 0.2) is 9.84 Å². The molecule has 1 fully saturated rings. The summed E-state index contributed by atoms with van der Waals surface area (Å²) in [6.07, 6.45) is 2.12. The molecule has 0 aliphatic carbocycles. The maximum atomic E-state index is 12.5. The molecule has 8 heteroatoms. The van der Waals surface area contributed by atoms with Crippen molar-refractivity contribution >= 4 is 31.8 Å². The molecule has 0 bridgehead atoms. The highest BCUT2D eigenvalue weighted by atomic mass is 32.2. The van der Waals surface area contributed by atoms with E-state index in [1.54, 1.807) is 25.1 Å². The largest absolute Gasteiger partial charge is 0.477 e. The van der Waals surface area contributed by atoms with Gasteiger partial charge in [0.2, 0.25) is 5.88 Å². The fraction of sp³-hybridized carbons (Fsp3) is 0.393. The van der Waals surface area contributed by atoms with Crippen molar-refractivity contribution in [1.82, 2.24) is 14.9 Å². The Kier molecular flexibility index (Phi) is 7.01. The highest BCUT2D eigenvalue weighted by molar-refractivity contribution is 7.91. The van der Waals surface area contributed by atoms with Gasteiger partial charge in [-0.2, -0.15) is 4.98 Å². The van der Waals surface area contributed by atoms with E-state index in [-0.39, 0.29) is 12.4 Å². The molecule has 1 aliphatic heterocycles.